The van der Waals surface area contributed by atoms with Gasteiger partial charge in [-0.25, -0.2) is 14.1 Å². The van der Waals surface area contributed by atoms with Crippen LogP contribution in [-0.4, -0.2) is 68.5 Å². The van der Waals surface area contributed by atoms with Gasteiger partial charge in [0.05, 0.1) is 18.5 Å². The minimum Gasteiger partial charge on any atom is -0.478 e. The number of thiazole rings is 1. The maximum atomic E-state index is 12.7. The molecule has 2 atom stereocenters. The average molecular weight is 460 g/mol. The zero-order valence-electron chi connectivity index (χ0n) is 15.5. The Labute approximate surface area is 173 Å². The molecule has 1 aromatic rings. The zero-order valence-corrected chi connectivity index (χ0v) is 17.1. The molecule has 0 aliphatic carbocycles. The minimum absolute atomic E-state index is 0.0580. The molecule has 0 spiro atoms. The molecular weight excluding hydrogens is 444 g/mol. The Bertz CT molecular complexity index is 1060. The van der Waals surface area contributed by atoms with Gasteiger partial charge in [-0.1, -0.05) is 5.16 Å². The number of anilines is 1. The molecule has 1 aromatic heterocycles. The van der Waals surface area contributed by atoms with Gasteiger partial charge in [0, 0.05) is 5.38 Å². The molecule has 1 aliphatic heterocycles. The Balaban J connectivity index is 2.32. The number of nitriles is 1. The summed E-state index contributed by atoms with van der Waals surface area (Å²) in [6, 6.07) is -1.16. The Morgan fingerprint density at radius 1 is 1.53 bits per heavy atom. The maximum Gasteiger partial charge on any atom is 0.362 e. The Morgan fingerprint density at radius 2 is 2.17 bits per heavy atom. The number of nitrogen functional groups attached to an aromatic ring is 1. The third-order valence-electron chi connectivity index (χ3n) is 3.86. The smallest absolute Gasteiger partial charge is 0.362 e. The lowest BCUT2D eigenvalue weighted by Gasteiger charge is -2.43. The number of nitrogens with zero attached hydrogens (tertiary/aromatic N) is 4. The molecule has 2 heterocycles. The number of oxime groups is 1. The first kappa shape index (κ1) is 23.0. The van der Waals surface area contributed by atoms with E-state index in [-0.39, 0.29) is 15.1 Å². The predicted octanol–water partition coefficient (Wildman–Crippen LogP) is -1.28. The van der Waals surface area contributed by atoms with Gasteiger partial charge in [0.15, 0.2) is 10.8 Å². The fourth-order valence-corrected chi connectivity index (χ4v) is 3.69. The van der Waals surface area contributed by atoms with Crippen LogP contribution >= 0.6 is 11.3 Å². The van der Waals surface area contributed by atoms with E-state index in [4.69, 9.17) is 25.5 Å². The van der Waals surface area contributed by atoms with E-state index in [0.717, 1.165) is 11.3 Å². The number of carbonyl (C=O) groups is 3. The summed E-state index contributed by atoms with van der Waals surface area (Å²) < 4.78 is 31.8. The van der Waals surface area contributed by atoms with E-state index >= 15 is 0 Å². The van der Waals surface area contributed by atoms with E-state index in [9.17, 15) is 22.8 Å². The van der Waals surface area contributed by atoms with Crippen LogP contribution in [-0.2, 0) is 29.5 Å². The first-order valence-corrected chi connectivity index (χ1v) is 10.3. The molecular formula is C14H16N6O8S2. The second kappa shape index (κ2) is 8.22. The molecule has 0 saturated carbocycles. The number of nitrogens with one attached hydrogen (secondary N) is 1. The largest absolute Gasteiger partial charge is 0.478 e. The fraction of sp³-hybridized carbons (Fsp3) is 0.429. The average Bonchev–Trinajstić information content (AvgIpc) is 3.04. The lowest BCUT2D eigenvalue weighted by atomic mass is 9.96. The third kappa shape index (κ3) is 4.64. The summed E-state index contributed by atoms with van der Waals surface area (Å²) in [5.74, 6) is -3.62. The highest BCUT2D eigenvalue weighted by Crippen LogP contribution is 2.26. The molecule has 1 fully saturated rings. The second-order valence-electron chi connectivity index (χ2n) is 6.41. The van der Waals surface area contributed by atoms with Crippen molar-refractivity contribution in [3.63, 3.8) is 0 Å². The van der Waals surface area contributed by atoms with Gasteiger partial charge >= 0.3 is 16.3 Å². The summed E-state index contributed by atoms with van der Waals surface area (Å²) in [5, 5.41) is 25.0. The second-order valence-corrected chi connectivity index (χ2v) is 8.59. The van der Waals surface area contributed by atoms with E-state index in [1.165, 1.54) is 19.2 Å². The quantitative estimate of drug-likeness (QED) is 0.155. The van der Waals surface area contributed by atoms with E-state index in [1.54, 1.807) is 6.07 Å². The van der Waals surface area contributed by atoms with Crippen molar-refractivity contribution < 1.29 is 37.3 Å². The molecule has 5 N–H and O–H groups in total. The Kier molecular flexibility index (Phi) is 6.30. The molecule has 16 heteroatoms. The fourth-order valence-electron chi connectivity index (χ4n) is 2.26. The first-order valence-electron chi connectivity index (χ1n) is 7.99. The molecule has 0 unspecified atom stereocenters. The molecule has 1 saturated heterocycles. The van der Waals surface area contributed by atoms with Gasteiger partial charge < -0.3 is 21.0 Å². The van der Waals surface area contributed by atoms with Gasteiger partial charge in [-0.2, -0.15) is 13.7 Å². The molecule has 30 heavy (non-hydrogen) atoms. The lowest BCUT2D eigenvalue weighted by Crippen LogP contribution is -2.72. The molecule has 14 nitrogen and oxygen atoms in total. The summed E-state index contributed by atoms with van der Waals surface area (Å²) in [7, 11) is -4.93. The van der Waals surface area contributed by atoms with Gasteiger partial charge in [-0.3, -0.25) is 14.1 Å². The molecule has 2 amide bonds. The topological polar surface area (TPSA) is 225 Å². The van der Waals surface area contributed by atoms with Crippen molar-refractivity contribution in [1.29, 1.82) is 5.26 Å². The van der Waals surface area contributed by atoms with Crippen LogP contribution in [0.25, 0.3) is 0 Å². The van der Waals surface area contributed by atoms with Crippen LogP contribution in [0.4, 0.5) is 5.13 Å². The molecule has 162 valence electrons. The summed E-state index contributed by atoms with van der Waals surface area (Å²) >= 11 is 0.945. The van der Waals surface area contributed by atoms with Gasteiger partial charge in [-0.05, 0) is 13.8 Å². The Hall–Kier alpha value is -3.29. The number of carbonyl (C=O) groups excluding carboxylic acids is 2. The maximum absolute atomic E-state index is 12.7. The van der Waals surface area contributed by atoms with Crippen molar-refractivity contribution in [2.75, 3.05) is 5.73 Å². The van der Waals surface area contributed by atoms with Crippen LogP contribution in [0.5, 0.6) is 0 Å². The number of carboxylic acid groups (broad SMARTS) is 1. The molecule has 0 aromatic carbocycles. The normalized spacial score (nSPS) is 19.6. The van der Waals surface area contributed by atoms with Crippen molar-refractivity contribution in [2.24, 2.45) is 5.16 Å². The van der Waals surface area contributed by atoms with Crippen molar-refractivity contribution >= 4 is 50.3 Å². The summed E-state index contributed by atoms with van der Waals surface area (Å²) in [4.78, 5) is 44.7. The number of aromatic nitrogens is 1. The SMILES string of the molecule is CC(C)(ON=C(C(=O)N[C@@H]1C(=O)N(S(=O)(=O)O)[C@@H]1CC#N)c1csc(N)n1)C(=O)O. The highest BCUT2D eigenvalue weighted by molar-refractivity contribution is 7.84. The number of hydrogen-bond acceptors (Lipinski definition) is 11. The summed E-state index contributed by atoms with van der Waals surface area (Å²) in [6.07, 6.45) is -0.505. The molecule has 2 rings (SSSR count). The number of aliphatic carboxylic acids is 1. The van der Waals surface area contributed by atoms with Crippen LogP contribution in [0.2, 0.25) is 0 Å². The summed E-state index contributed by atoms with van der Waals surface area (Å²) in [6.45, 7) is 2.35. The predicted molar refractivity (Wildman–Crippen MR) is 100 cm³/mol. The van der Waals surface area contributed by atoms with Crippen LogP contribution < -0.4 is 11.1 Å². The van der Waals surface area contributed by atoms with Crippen LogP contribution in [0.1, 0.15) is 26.0 Å². The summed E-state index contributed by atoms with van der Waals surface area (Å²) in [5.41, 5.74) is 3.09. The van der Waals surface area contributed by atoms with Gasteiger partial charge in [-0.15, -0.1) is 11.3 Å². The van der Waals surface area contributed by atoms with Gasteiger partial charge in [0.25, 0.3) is 11.8 Å². The first-order chi connectivity index (χ1) is 13.8. The molecule has 1 aliphatic rings. The van der Waals surface area contributed by atoms with Crippen LogP contribution in [0.3, 0.4) is 0 Å². The number of β-lactam (4-membered cyclic amide) rings is 1. The highest BCUT2D eigenvalue weighted by atomic mass is 32.2. The van der Waals surface area contributed by atoms with Crippen LogP contribution in [0.15, 0.2) is 10.5 Å². The van der Waals surface area contributed by atoms with Crippen molar-refractivity contribution in [1.82, 2.24) is 14.6 Å². The number of hydrogen-bond donors (Lipinski definition) is 4. The lowest BCUT2D eigenvalue weighted by molar-refractivity contribution is -0.161. The zero-order chi connectivity index (χ0) is 22.9. The van der Waals surface area contributed by atoms with E-state index < -0.39 is 57.9 Å². The van der Waals surface area contributed by atoms with Crippen molar-refractivity contribution in [3.8, 4) is 6.07 Å². The number of amides is 2. The van der Waals surface area contributed by atoms with E-state index in [0.29, 0.717) is 0 Å². The van der Waals surface area contributed by atoms with Crippen molar-refractivity contribution in [2.45, 2.75) is 38.0 Å². The highest BCUT2D eigenvalue weighted by Gasteiger charge is 2.54. The number of nitrogens with two attached hydrogens (primary N) is 1. The van der Waals surface area contributed by atoms with Crippen LogP contribution in [0, 0.1) is 11.3 Å². The standard InChI is InChI=1S/C14H16N6O8S2/c1-14(2,12(23)24)28-19-8(6-5-29-13(16)17-6)10(21)18-9-7(3-4-15)20(11(9)22)30(25,26)27/h5,7,9H,3H2,1-2H3,(H2,16,17)(H,18,21)(H,23,24)(H,25,26,27)/t7-,9+/m1/s1. The molecule has 0 radical (unpaired) electrons. The van der Waals surface area contributed by atoms with E-state index in [1.807, 2.05) is 0 Å². The Morgan fingerprint density at radius 3 is 2.63 bits per heavy atom. The minimum atomic E-state index is -4.93. The third-order valence-corrected chi connectivity index (χ3v) is 5.49. The number of rotatable bonds is 8. The molecule has 0 bridgehead atoms. The van der Waals surface area contributed by atoms with Crippen molar-refractivity contribution in [3.05, 3.63) is 11.1 Å². The van der Waals surface area contributed by atoms with E-state index in [2.05, 4.69) is 15.5 Å². The van der Waals surface area contributed by atoms with Gasteiger partial charge in [0.1, 0.15) is 11.7 Å². The monoisotopic (exact) mass is 460 g/mol. The van der Waals surface area contributed by atoms with Gasteiger partial charge in [0.2, 0.25) is 5.60 Å². The number of carboxylic acids is 1.